The predicted octanol–water partition coefficient (Wildman–Crippen LogP) is 5.42. The Morgan fingerprint density at radius 2 is 1.00 bits per heavy atom. The Bertz CT molecular complexity index is 54.4. The summed E-state index contributed by atoms with van der Waals surface area (Å²) >= 11 is 0. The van der Waals surface area contributed by atoms with E-state index >= 15 is 0 Å². The van der Waals surface area contributed by atoms with E-state index < -0.39 is 0 Å². The van der Waals surface area contributed by atoms with Crippen LogP contribution in [0.4, 0.5) is 0 Å². The van der Waals surface area contributed by atoms with E-state index in [0.29, 0.717) is 0 Å². The number of unbranched alkanes of at least 4 members (excludes halogenated alkanes) is 1. The van der Waals surface area contributed by atoms with Crippen LogP contribution in [0.1, 0.15) is 79.6 Å². The third-order valence-electron chi connectivity index (χ3n) is 2.32. The van der Waals surface area contributed by atoms with Crippen molar-refractivity contribution in [3.63, 3.8) is 0 Å². The van der Waals surface area contributed by atoms with Gasteiger partial charge in [0.15, 0.2) is 0 Å². The largest absolute Gasteiger partial charge is 0.0654 e. The lowest BCUT2D eigenvalue weighted by Crippen LogP contribution is -1.85. The molecule has 0 saturated heterocycles. The summed E-state index contributed by atoms with van der Waals surface area (Å²) in [5.74, 6) is 0.884. The van der Waals surface area contributed by atoms with Crippen LogP contribution in [-0.2, 0) is 0 Å². The van der Waals surface area contributed by atoms with E-state index in [1.54, 1.807) is 0 Å². The highest BCUT2D eigenvalue weighted by Gasteiger charge is 1.95. The molecule has 0 amide bonds. The van der Waals surface area contributed by atoms with Crippen LogP contribution in [0.15, 0.2) is 0 Å². The molecule has 1 saturated carbocycles. The van der Waals surface area contributed by atoms with Crippen molar-refractivity contribution in [2.45, 2.75) is 79.6 Å². The van der Waals surface area contributed by atoms with E-state index in [-0.39, 0.29) is 0 Å². The fourth-order valence-electron chi connectivity index (χ4n) is 0.250. The lowest BCUT2D eigenvalue weighted by Gasteiger charge is -2.05. The zero-order chi connectivity index (χ0) is 10.5. The SMILES string of the molecule is C1CCC1.CCC(C)C.CCCC. The molecule has 0 radical (unpaired) electrons. The van der Waals surface area contributed by atoms with Gasteiger partial charge >= 0.3 is 0 Å². The Hall–Kier alpha value is 0. The van der Waals surface area contributed by atoms with Gasteiger partial charge in [0.2, 0.25) is 0 Å². The molecule has 0 aliphatic heterocycles. The summed E-state index contributed by atoms with van der Waals surface area (Å²) in [4.78, 5) is 0. The molecule has 0 nitrogen and oxygen atoms in total. The molecule has 1 rings (SSSR count). The molecule has 82 valence electrons. The van der Waals surface area contributed by atoms with Crippen LogP contribution in [0.3, 0.4) is 0 Å². The van der Waals surface area contributed by atoms with Crippen LogP contribution in [0.2, 0.25) is 0 Å². The summed E-state index contributed by atoms with van der Waals surface area (Å²) in [5, 5.41) is 0. The van der Waals surface area contributed by atoms with Crippen molar-refractivity contribution in [3.8, 4) is 0 Å². The van der Waals surface area contributed by atoms with Crippen molar-refractivity contribution in [1.29, 1.82) is 0 Å². The molecule has 0 heterocycles. The highest BCUT2D eigenvalue weighted by molar-refractivity contribution is 4.50. The third-order valence-corrected chi connectivity index (χ3v) is 2.32. The van der Waals surface area contributed by atoms with Crippen LogP contribution in [0.25, 0.3) is 0 Å². The van der Waals surface area contributed by atoms with Crippen molar-refractivity contribution in [3.05, 3.63) is 0 Å². The molecule has 1 aliphatic carbocycles. The zero-order valence-corrected chi connectivity index (χ0v) is 10.5. The minimum Gasteiger partial charge on any atom is -0.0654 e. The van der Waals surface area contributed by atoms with Gasteiger partial charge in [0, 0.05) is 0 Å². The van der Waals surface area contributed by atoms with Crippen molar-refractivity contribution >= 4 is 0 Å². The van der Waals surface area contributed by atoms with Crippen molar-refractivity contribution in [1.82, 2.24) is 0 Å². The second kappa shape index (κ2) is 14.5. The van der Waals surface area contributed by atoms with E-state index in [9.17, 15) is 0 Å². The second-order valence-electron chi connectivity index (χ2n) is 4.22. The van der Waals surface area contributed by atoms with Gasteiger partial charge in [-0.3, -0.25) is 0 Å². The molecule has 13 heavy (non-hydrogen) atoms. The Morgan fingerprint density at radius 1 is 0.769 bits per heavy atom. The Labute approximate surface area is 86.1 Å². The standard InChI is InChI=1S/C5H12.C4H8.C4H10/c1-4-5(2)3;1-2-4-3-1;1-3-4-2/h5H,4H2,1-3H3;1-4H2;3-4H2,1-2H3. The number of hydrogen-bond acceptors (Lipinski definition) is 0. The van der Waals surface area contributed by atoms with Gasteiger partial charge in [0.25, 0.3) is 0 Å². The van der Waals surface area contributed by atoms with Gasteiger partial charge in [-0.1, -0.05) is 79.6 Å². The molecule has 0 atom stereocenters. The monoisotopic (exact) mass is 186 g/mol. The molecule has 0 bridgehead atoms. The first-order valence-electron chi connectivity index (χ1n) is 6.18. The average Bonchev–Trinajstić information content (AvgIpc) is 2.02. The maximum Gasteiger partial charge on any atom is -0.0474 e. The molecule has 0 unspecified atom stereocenters. The van der Waals surface area contributed by atoms with E-state index in [0.717, 1.165) is 5.92 Å². The average molecular weight is 186 g/mol. The van der Waals surface area contributed by atoms with Crippen molar-refractivity contribution < 1.29 is 0 Å². The minimum absolute atomic E-state index is 0.884. The molecule has 0 aromatic carbocycles. The van der Waals surface area contributed by atoms with E-state index in [1.165, 1.54) is 44.9 Å². The lowest BCUT2D eigenvalue weighted by molar-refractivity contribution is 0.504. The maximum atomic E-state index is 2.22. The van der Waals surface area contributed by atoms with E-state index in [2.05, 4.69) is 34.6 Å². The van der Waals surface area contributed by atoms with Crippen molar-refractivity contribution in [2.75, 3.05) is 0 Å². The zero-order valence-electron chi connectivity index (χ0n) is 10.5. The molecule has 1 fully saturated rings. The fraction of sp³-hybridized carbons (Fsp3) is 1.00. The fourth-order valence-corrected chi connectivity index (χ4v) is 0.250. The van der Waals surface area contributed by atoms with Gasteiger partial charge in [-0.05, 0) is 5.92 Å². The molecule has 0 N–H and O–H groups in total. The first kappa shape index (κ1) is 15.5. The second-order valence-corrected chi connectivity index (χ2v) is 4.22. The van der Waals surface area contributed by atoms with Gasteiger partial charge in [0.1, 0.15) is 0 Å². The molecule has 0 heteroatoms. The molecule has 1 aliphatic rings. The Balaban J connectivity index is 0. The molecule has 0 aromatic heterocycles. The van der Waals surface area contributed by atoms with Crippen LogP contribution in [-0.4, -0.2) is 0 Å². The van der Waals surface area contributed by atoms with Gasteiger partial charge in [-0.15, -0.1) is 0 Å². The highest BCUT2D eigenvalue weighted by Crippen LogP contribution is 2.15. The van der Waals surface area contributed by atoms with E-state index in [4.69, 9.17) is 0 Å². The Morgan fingerprint density at radius 3 is 1.00 bits per heavy atom. The molecular formula is C13H30. The first-order valence-corrected chi connectivity index (χ1v) is 6.18. The molecule has 0 aromatic rings. The van der Waals surface area contributed by atoms with E-state index in [1.807, 2.05) is 0 Å². The van der Waals surface area contributed by atoms with Crippen LogP contribution in [0.5, 0.6) is 0 Å². The van der Waals surface area contributed by atoms with Crippen LogP contribution in [0, 0.1) is 5.92 Å². The maximum absolute atomic E-state index is 2.22. The summed E-state index contributed by atoms with van der Waals surface area (Å²) < 4.78 is 0. The molecular weight excluding hydrogens is 156 g/mol. The van der Waals surface area contributed by atoms with Crippen molar-refractivity contribution in [2.24, 2.45) is 5.92 Å². The topological polar surface area (TPSA) is 0 Å². The van der Waals surface area contributed by atoms with Crippen LogP contribution >= 0.6 is 0 Å². The minimum atomic E-state index is 0.884. The summed E-state index contributed by atoms with van der Waals surface area (Å²) in [7, 11) is 0. The van der Waals surface area contributed by atoms with Gasteiger partial charge < -0.3 is 0 Å². The summed E-state index contributed by atoms with van der Waals surface area (Å²) in [6, 6.07) is 0. The highest BCUT2D eigenvalue weighted by atomic mass is 14.0. The summed E-state index contributed by atoms with van der Waals surface area (Å²) in [6.07, 6.45) is 9.94. The Kier molecular flexibility index (Phi) is 17.3. The van der Waals surface area contributed by atoms with Crippen LogP contribution < -0.4 is 0 Å². The van der Waals surface area contributed by atoms with Gasteiger partial charge in [0.05, 0.1) is 0 Å². The summed E-state index contributed by atoms with van der Waals surface area (Å²) in [5.41, 5.74) is 0. The number of hydrogen-bond donors (Lipinski definition) is 0. The predicted molar refractivity (Wildman–Crippen MR) is 64.2 cm³/mol. The summed E-state index contributed by atoms with van der Waals surface area (Å²) in [6.45, 7) is 11.0. The first-order chi connectivity index (χ1) is 6.18. The number of rotatable bonds is 2. The van der Waals surface area contributed by atoms with Gasteiger partial charge in [-0.2, -0.15) is 0 Å². The quantitative estimate of drug-likeness (QED) is 0.540. The normalized spacial score (nSPS) is 13.4. The third kappa shape index (κ3) is 24.5. The molecule has 0 spiro atoms. The lowest BCUT2D eigenvalue weighted by atomic mass is 10.0. The smallest absolute Gasteiger partial charge is 0.0474 e. The van der Waals surface area contributed by atoms with Gasteiger partial charge in [-0.25, -0.2) is 0 Å².